The summed E-state index contributed by atoms with van der Waals surface area (Å²) in [6.45, 7) is 1.76. The van der Waals surface area contributed by atoms with E-state index in [1.807, 2.05) is 53.2 Å². The van der Waals surface area contributed by atoms with E-state index in [9.17, 15) is 0 Å². The first kappa shape index (κ1) is 14.0. The Balaban J connectivity index is 0.000000171. The number of aromatic amines is 1. The van der Waals surface area contributed by atoms with Gasteiger partial charge in [-0.1, -0.05) is 37.8 Å². The molecule has 0 aliphatic rings. The van der Waals surface area contributed by atoms with Gasteiger partial charge in [-0.25, -0.2) is 9.73 Å². The molecular formula is C14H19N3O. The SMILES string of the molecule is C.CC(O)c1ccccc1.c1cc2cn[nH]n2c1. The van der Waals surface area contributed by atoms with Crippen LogP contribution in [-0.2, 0) is 0 Å². The number of aliphatic hydroxyl groups is 1. The van der Waals surface area contributed by atoms with Crippen LogP contribution < -0.4 is 0 Å². The molecule has 0 aliphatic carbocycles. The number of hydrogen-bond donors (Lipinski definition) is 2. The van der Waals surface area contributed by atoms with Gasteiger partial charge in [0.25, 0.3) is 0 Å². The van der Waals surface area contributed by atoms with Gasteiger partial charge in [-0.15, -0.1) is 0 Å². The number of hydrogen-bond acceptors (Lipinski definition) is 2. The van der Waals surface area contributed by atoms with Gasteiger partial charge in [0.05, 0.1) is 17.8 Å². The molecule has 1 unspecified atom stereocenters. The summed E-state index contributed by atoms with van der Waals surface area (Å²) in [4.78, 5) is 0. The lowest BCUT2D eigenvalue weighted by Gasteiger charge is -2.00. The zero-order chi connectivity index (χ0) is 12.1. The molecule has 2 N–H and O–H groups in total. The fourth-order valence-electron chi connectivity index (χ4n) is 1.48. The summed E-state index contributed by atoms with van der Waals surface area (Å²) in [6.07, 6.45) is 3.36. The Morgan fingerprint density at radius 1 is 1.17 bits per heavy atom. The quantitative estimate of drug-likeness (QED) is 0.692. The average molecular weight is 245 g/mol. The minimum absolute atomic E-state index is 0. The van der Waals surface area contributed by atoms with E-state index in [-0.39, 0.29) is 13.5 Å². The van der Waals surface area contributed by atoms with E-state index in [0.717, 1.165) is 11.1 Å². The molecule has 96 valence electrons. The van der Waals surface area contributed by atoms with Crippen molar-refractivity contribution in [3.63, 3.8) is 0 Å². The van der Waals surface area contributed by atoms with E-state index in [1.54, 1.807) is 13.1 Å². The summed E-state index contributed by atoms with van der Waals surface area (Å²) in [7, 11) is 0. The number of rotatable bonds is 1. The van der Waals surface area contributed by atoms with Crippen molar-refractivity contribution in [1.29, 1.82) is 0 Å². The second kappa shape index (κ2) is 6.61. The van der Waals surface area contributed by atoms with Crippen LogP contribution in [0.25, 0.3) is 5.52 Å². The van der Waals surface area contributed by atoms with E-state index in [1.165, 1.54) is 0 Å². The second-order valence-electron chi connectivity index (χ2n) is 3.75. The first-order valence-corrected chi connectivity index (χ1v) is 5.47. The molecule has 0 saturated carbocycles. The lowest BCUT2D eigenvalue weighted by Crippen LogP contribution is -1.87. The van der Waals surface area contributed by atoms with E-state index in [4.69, 9.17) is 5.11 Å². The third kappa shape index (κ3) is 3.46. The number of aliphatic hydroxyl groups excluding tert-OH is 1. The van der Waals surface area contributed by atoms with Crippen LogP contribution in [-0.4, -0.2) is 19.9 Å². The second-order valence-corrected chi connectivity index (χ2v) is 3.75. The van der Waals surface area contributed by atoms with Crippen LogP contribution in [0.2, 0.25) is 0 Å². The summed E-state index contributed by atoms with van der Waals surface area (Å²) >= 11 is 0. The van der Waals surface area contributed by atoms with Gasteiger partial charge in [0.15, 0.2) is 0 Å². The highest BCUT2D eigenvalue weighted by Gasteiger charge is 1.95. The lowest BCUT2D eigenvalue weighted by atomic mass is 10.1. The zero-order valence-corrected chi connectivity index (χ0v) is 9.62. The van der Waals surface area contributed by atoms with Crippen LogP contribution in [0.1, 0.15) is 26.0 Å². The van der Waals surface area contributed by atoms with E-state index in [0.29, 0.717) is 0 Å². The van der Waals surface area contributed by atoms with Crippen LogP contribution >= 0.6 is 0 Å². The van der Waals surface area contributed by atoms with Crippen molar-refractivity contribution >= 4 is 5.52 Å². The number of H-pyrrole nitrogens is 1. The highest BCUT2D eigenvalue weighted by molar-refractivity contribution is 5.42. The Morgan fingerprint density at radius 3 is 2.44 bits per heavy atom. The number of nitrogens with zero attached hydrogens (tertiary/aromatic N) is 2. The molecule has 2 heterocycles. The first-order valence-electron chi connectivity index (χ1n) is 5.47. The molecule has 0 saturated heterocycles. The monoisotopic (exact) mass is 245 g/mol. The number of benzene rings is 1. The van der Waals surface area contributed by atoms with Crippen LogP contribution in [0.3, 0.4) is 0 Å². The molecule has 4 nitrogen and oxygen atoms in total. The van der Waals surface area contributed by atoms with Crippen molar-refractivity contribution in [2.45, 2.75) is 20.5 Å². The van der Waals surface area contributed by atoms with E-state index < -0.39 is 0 Å². The molecule has 0 bridgehead atoms. The van der Waals surface area contributed by atoms with Crippen molar-refractivity contribution in [2.24, 2.45) is 0 Å². The molecule has 3 rings (SSSR count). The summed E-state index contributed by atoms with van der Waals surface area (Å²) in [6, 6.07) is 13.5. The van der Waals surface area contributed by atoms with Crippen LogP contribution in [0.4, 0.5) is 0 Å². The first-order chi connectivity index (χ1) is 8.27. The van der Waals surface area contributed by atoms with Gasteiger partial charge in [0.2, 0.25) is 0 Å². The normalized spacial score (nSPS) is 11.2. The van der Waals surface area contributed by atoms with Gasteiger partial charge in [-0.3, -0.25) is 0 Å². The van der Waals surface area contributed by atoms with Crippen LogP contribution in [0.5, 0.6) is 0 Å². The van der Waals surface area contributed by atoms with Crippen molar-refractivity contribution in [3.05, 3.63) is 60.4 Å². The molecule has 1 atom stereocenters. The van der Waals surface area contributed by atoms with Crippen molar-refractivity contribution in [1.82, 2.24) is 14.8 Å². The van der Waals surface area contributed by atoms with E-state index >= 15 is 0 Å². The summed E-state index contributed by atoms with van der Waals surface area (Å²) < 4.78 is 1.85. The highest BCUT2D eigenvalue weighted by Crippen LogP contribution is 2.09. The molecular weight excluding hydrogens is 226 g/mol. The molecule has 4 heteroatoms. The molecule has 0 aliphatic heterocycles. The average Bonchev–Trinajstić information content (AvgIpc) is 2.93. The molecule has 0 spiro atoms. The number of aromatic nitrogens is 3. The Kier molecular flexibility index (Phi) is 5.14. The predicted molar refractivity (Wildman–Crippen MR) is 73.3 cm³/mol. The number of nitrogens with one attached hydrogen (secondary N) is 1. The van der Waals surface area contributed by atoms with Crippen molar-refractivity contribution in [2.75, 3.05) is 0 Å². The van der Waals surface area contributed by atoms with Crippen LogP contribution in [0, 0.1) is 0 Å². The predicted octanol–water partition coefficient (Wildman–Crippen LogP) is 3.04. The van der Waals surface area contributed by atoms with Gasteiger partial charge in [0.1, 0.15) is 0 Å². The molecule has 2 aromatic heterocycles. The summed E-state index contributed by atoms with van der Waals surface area (Å²) in [5, 5.41) is 15.6. The fourth-order valence-corrected chi connectivity index (χ4v) is 1.48. The third-order valence-corrected chi connectivity index (χ3v) is 2.42. The molecule has 1 aromatic carbocycles. The summed E-state index contributed by atoms with van der Waals surface area (Å²) in [5.74, 6) is 0. The van der Waals surface area contributed by atoms with Gasteiger partial charge in [-0.05, 0) is 24.6 Å². The number of fused-ring (bicyclic) bond motifs is 1. The maximum absolute atomic E-state index is 9.02. The lowest BCUT2D eigenvalue weighted by molar-refractivity contribution is 0.199. The minimum Gasteiger partial charge on any atom is -0.389 e. The standard InChI is InChI=1S/C8H10O.C5H5N3.CH4/c1-7(9)8-5-3-2-4-6-8;1-2-5-4-6-7-8(5)3-1;/h2-7,9H,1H3;1-4,7H;1H4. The zero-order valence-electron chi connectivity index (χ0n) is 9.62. The van der Waals surface area contributed by atoms with Crippen molar-refractivity contribution in [3.8, 4) is 0 Å². The topological polar surface area (TPSA) is 53.3 Å². The third-order valence-electron chi connectivity index (χ3n) is 2.42. The largest absolute Gasteiger partial charge is 0.389 e. The smallest absolute Gasteiger partial charge is 0.0841 e. The summed E-state index contributed by atoms with van der Waals surface area (Å²) in [5.41, 5.74) is 2.07. The van der Waals surface area contributed by atoms with Gasteiger partial charge < -0.3 is 5.11 Å². The Hall–Kier alpha value is -2.07. The fraction of sp³-hybridized carbons (Fsp3) is 0.214. The van der Waals surface area contributed by atoms with E-state index in [2.05, 4.69) is 10.3 Å². The van der Waals surface area contributed by atoms with Gasteiger partial charge >= 0.3 is 0 Å². The van der Waals surface area contributed by atoms with Crippen molar-refractivity contribution < 1.29 is 5.11 Å². The van der Waals surface area contributed by atoms with Gasteiger partial charge in [0, 0.05) is 6.20 Å². The maximum Gasteiger partial charge on any atom is 0.0841 e. The Bertz CT molecular complexity index is 503. The molecule has 18 heavy (non-hydrogen) atoms. The van der Waals surface area contributed by atoms with Crippen LogP contribution in [0.15, 0.2) is 54.9 Å². The molecule has 0 fully saturated rings. The molecule has 3 aromatic rings. The maximum atomic E-state index is 9.02. The Morgan fingerprint density at radius 2 is 1.89 bits per heavy atom. The minimum atomic E-state index is -0.341. The Labute approximate surface area is 107 Å². The van der Waals surface area contributed by atoms with Gasteiger partial charge in [-0.2, -0.15) is 5.10 Å². The molecule has 0 radical (unpaired) electrons. The highest BCUT2D eigenvalue weighted by atomic mass is 16.3. The molecule has 0 amide bonds.